The molecule has 6 nitrogen and oxygen atoms in total. The van der Waals surface area contributed by atoms with Gasteiger partial charge in [0.05, 0.1) is 18.2 Å². The third kappa shape index (κ3) is 2.64. The highest BCUT2D eigenvalue weighted by molar-refractivity contribution is 6.21. The molecule has 0 aromatic heterocycles. The van der Waals surface area contributed by atoms with E-state index in [2.05, 4.69) is 10.1 Å². The Labute approximate surface area is 116 Å². The van der Waals surface area contributed by atoms with Crippen LogP contribution < -0.4 is 5.32 Å². The van der Waals surface area contributed by atoms with E-state index in [9.17, 15) is 14.4 Å². The molecule has 0 saturated carbocycles. The summed E-state index contributed by atoms with van der Waals surface area (Å²) < 4.78 is 4.55. The average molecular weight is 276 g/mol. The summed E-state index contributed by atoms with van der Waals surface area (Å²) in [6.07, 6.45) is 0.977. The number of carbonyl (C=O) groups is 3. The van der Waals surface area contributed by atoms with E-state index >= 15 is 0 Å². The van der Waals surface area contributed by atoms with Gasteiger partial charge >= 0.3 is 5.97 Å². The fourth-order valence-electron chi connectivity index (χ4n) is 2.04. The van der Waals surface area contributed by atoms with Crippen LogP contribution in [0.25, 0.3) is 0 Å². The van der Waals surface area contributed by atoms with Crippen molar-refractivity contribution in [1.82, 2.24) is 4.90 Å². The Balaban J connectivity index is 1.97. The number of esters is 1. The Morgan fingerprint density at radius 1 is 1.25 bits per heavy atom. The maximum Gasteiger partial charge on any atom is 0.305 e. The fraction of sp³-hybridized carbons (Fsp3) is 0.357. The molecule has 0 unspecified atom stereocenters. The minimum Gasteiger partial charge on any atom is -0.469 e. The summed E-state index contributed by atoms with van der Waals surface area (Å²) in [5.74, 6) is -0.811. The van der Waals surface area contributed by atoms with E-state index in [0.29, 0.717) is 30.5 Å². The molecule has 0 saturated heterocycles. The molecule has 1 aliphatic heterocycles. The van der Waals surface area contributed by atoms with Gasteiger partial charge in [0.25, 0.3) is 11.8 Å². The zero-order valence-electron chi connectivity index (χ0n) is 11.4. The topological polar surface area (TPSA) is 75.7 Å². The van der Waals surface area contributed by atoms with E-state index in [4.69, 9.17) is 0 Å². The molecule has 0 atom stereocenters. The van der Waals surface area contributed by atoms with Gasteiger partial charge in [-0.1, -0.05) is 0 Å². The predicted molar refractivity (Wildman–Crippen MR) is 72.6 cm³/mol. The lowest BCUT2D eigenvalue weighted by Crippen LogP contribution is -2.24. The molecule has 2 amide bonds. The average Bonchev–Trinajstić information content (AvgIpc) is 2.68. The molecule has 0 aliphatic carbocycles. The van der Waals surface area contributed by atoms with Crippen molar-refractivity contribution in [2.75, 3.05) is 26.0 Å². The van der Waals surface area contributed by atoms with Gasteiger partial charge in [0.2, 0.25) is 0 Å². The van der Waals surface area contributed by atoms with Crippen LogP contribution in [-0.2, 0) is 9.53 Å². The summed E-state index contributed by atoms with van der Waals surface area (Å²) in [6, 6.07) is 5.06. The van der Waals surface area contributed by atoms with Crippen molar-refractivity contribution < 1.29 is 19.1 Å². The normalized spacial score (nSPS) is 13.4. The van der Waals surface area contributed by atoms with Crippen molar-refractivity contribution in [2.24, 2.45) is 0 Å². The van der Waals surface area contributed by atoms with Crippen molar-refractivity contribution in [1.29, 1.82) is 0 Å². The number of nitrogens with zero attached hydrogens (tertiary/aromatic N) is 1. The summed E-state index contributed by atoms with van der Waals surface area (Å²) >= 11 is 0. The SMILES string of the molecule is COC(=O)CCCNc1ccc2c(c1)C(=O)N(C)C2=O. The number of amides is 2. The van der Waals surface area contributed by atoms with Crippen LogP contribution in [0.3, 0.4) is 0 Å². The van der Waals surface area contributed by atoms with Crippen LogP contribution in [0, 0.1) is 0 Å². The van der Waals surface area contributed by atoms with Crippen molar-refractivity contribution in [3.05, 3.63) is 29.3 Å². The highest BCUT2D eigenvalue weighted by atomic mass is 16.5. The number of benzene rings is 1. The lowest BCUT2D eigenvalue weighted by molar-refractivity contribution is -0.140. The maximum absolute atomic E-state index is 11.8. The van der Waals surface area contributed by atoms with Crippen LogP contribution in [0.4, 0.5) is 5.69 Å². The summed E-state index contributed by atoms with van der Waals surface area (Å²) in [5.41, 5.74) is 1.60. The zero-order chi connectivity index (χ0) is 14.7. The Bertz CT molecular complexity index is 568. The molecule has 0 spiro atoms. The number of rotatable bonds is 5. The first-order valence-corrected chi connectivity index (χ1v) is 6.31. The van der Waals surface area contributed by atoms with Crippen molar-refractivity contribution in [3.63, 3.8) is 0 Å². The van der Waals surface area contributed by atoms with Gasteiger partial charge in [-0.15, -0.1) is 0 Å². The predicted octanol–water partition coefficient (Wildman–Crippen LogP) is 1.28. The molecule has 0 fully saturated rings. The summed E-state index contributed by atoms with van der Waals surface area (Å²) in [6.45, 7) is 0.589. The lowest BCUT2D eigenvalue weighted by Gasteiger charge is -2.06. The Morgan fingerprint density at radius 3 is 2.65 bits per heavy atom. The van der Waals surface area contributed by atoms with Crippen LogP contribution in [0.5, 0.6) is 0 Å². The van der Waals surface area contributed by atoms with Gasteiger partial charge < -0.3 is 10.1 Å². The van der Waals surface area contributed by atoms with E-state index in [0.717, 1.165) is 10.6 Å². The van der Waals surface area contributed by atoms with E-state index in [1.807, 2.05) is 0 Å². The Morgan fingerprint density at radius 2 is 1.95 bits per heavy atom. The van der Waals surface area contributed by atoms with Crippen LogP contribution in [0.2, 0.25) is 0 Å². The lowest BCUT2D eigenvalue weighted by atomic mass is 10.1. The largest absolute Gasteiger partial charge is 0.469 e. The van der Waals surface area contributed by atoms with E-state index in [1.54, 1.807) is 18.2 Å². The van der Waals surface area contributed by atoms with Crippen molar-refractivity contribution in [3.8, 4) is 0 Å². The molecular formula is C14H16N2O4. The number of methoxy groups -OCH3 is 1. The third-order valence-corrected chi connectivity index (χ3v) is 3.20. The minimum absolute atomic E-state index is 0.247. The first kappa shape index (κ1) is 14.0. The highest BCUT2D eigenvalue weighted by Crippen LogP contribution is 2.24. The number of anilines is 1. The summed E-state index contributed by atoms with van der Waals surface area (Å²) in [4.78, 5) is 35.6. The Kier molecular flexibility index (Phi) is 4.02. The molecule has 1 aromatic carbocycles. The monoisotopic (exact) mass is 276 g/mol. The quantitative estimate of drug-likeness (QED) is 0.498. The standard InChI is InChI=1S/C14H16N2O4/c1-16-13(18)10-6-5-9(8-11(10)14(16)19)15-7-3-4-12(17)20-2/h5-6,8,15H,3-4,7H2,1-2H3. The number of fused-ring (bicyclic) bond motifs is 1. The summed E-state index contributed by atoms with van der Waals surface area (Å²) in [7, 11) is 2.82. The molecule has 106 valence electrons. The molecule has 1 aromatic rings. The van der Waals surface area contributed by atoms with Gasteiger partial charge in [-0.25, -0.2) is 0 Å². The van der Waals surface area contributed by atoms with Gasteiger partial charge in [-0.2, -0.15) is 0 Å². The maximum atomic E-state index is 11.8. The molecule has 0 bridgehead atoms. The van der Waals surface area contributed by atoms with Gasteiger partial charge in [-0.05, 0) is 24.6 Å². The molecule has 6 heteroatoms. The van der Waals surface area contributed by atoms with Crippen LogP contribution in [-0.4, -0.2) is 43.4 Å². The smallest absolute Gasteiger partial charge is 0.305 e. The van der Waals surface area contributed by atoms with Crippen molar-refractivity contribution in [2.45, 2.75) is 12.8 Å². The summed E-state index contributed by atoms with van der Waals surface area (Å²) in [5, 5.41) is 3.11. The van der Waals surface area contributed by atoms with Gasteiger partial charge in [0.15, 0.2) is 0 Å². The molecule has 1 aliphatic rings. The number of carbonyl (C=O) groups excluding carboxylic acids is 3. The fourth-order valence-corrected chi connectivity index (χ4v) is 2.04. The number of hydrogen-bond donors (Lipinski definition) is 1. The van der Waals surface area contributed by atoms with Crippen LogP contribution in [0.1, 0.15) is 33.6 Å². The van der Waals surface area contributed by atoms with Crippen molar-refractivity contribution >= 4 is 23.5 Å². The Hall–Kier alpha value is -2.37. The second kappa shape index (κ2) is 5.73. The van der Waals surface area contributed by atoms with E-state index < -0.39 is 0 Å². The minimum atomic E-state index is -0.289. The van der Waals surface area contributed by atoms with E-state index in [1.165, 1.54) is 14.2 Å². The molecule has 2 rings (SSSR count). The van der Waals surface area contributed by atoms with Gasteiger partial charge in [-0.3, -0.25) is 19.3 Å². The molecule has 1 heterocycles. The first-order valence-electron chi connectivity index (χ1n) is 6.31. The van der Waals surface area contributed by atoms with Gasteiger partial charge in [0.1, 0.15) is 0 Å². The second-order valence-corrected chi connectivity index (χ2v) is 4.54. The third-order valence-electron chi connectivity index (χ3n) is 3.20. The molecule has 1 N–H and O–H groups in total. The first-order chi connectivity index (χ1) is 9.54. The highest BCUT2D eigenvalue weighted by Gasteiger charge is 2.32. The molecule has 20 heavy (non-hydrogen) atoms. The van der Waals surface area contributed by atoms with Gasteiger partial charge in [0, 0.05) is 25.7 Å². The molecular weight excluding hydrogens is 260 g/mol. The number of imide groups is 1. The number of nitrogens with one attached hydrogen (secondary N) is 1. The molecule has 0 radical (unpaired) electrons. The van der Waals surface area contributed by atoms with Crippen LogP contribution in [0.15, 0.2) is 18.2 Å². The number of ether oxygens (including phenoxy) is 1. The van der Waals surface area contributed by atoms with Crippen LogP contribution >= 0.6 is 0 Å². The second-order valence-electron chi connectivity index (χ2n) is 4.54. The van der Waals surface area contributed by atoms with E-state index in [-0.39, 0.29) is 17.8 Å². The zero-order valence-corrected chi connectivity index (χ0v) is 11.4. The number of hydrogen-bond acceptors (Lipinski definition) is 5.